The van der Waals surface area contributed by atoms with Crippen molar-refractivity contribution in [3.05, 3.63) is 45.6 Å². The van der Waals surface area contributed by atoms with Crippen LogP contribution in [-0.2, 0) is 4.79 Å². The van der Waals surface area contributed by atoms with Crippen molar-refractivity contribution >= 4 is 40.8 Å². The summed E-state index contributed by atoms with van der Waals surface area (Å²) in [6.07, 6.45) is 0. The topological polar surface area (TPSA) is 84.2 Å². The number of aromatic nitrogens is 1. The number of nitrogens with zero attached hydrogens (tertiary/aromatic N) is 1. The molecule has 1 atom stereocenters. The van der Waals surface area contributed by atoms with Crippen LogP contribution in [0.1, 0.15) is 23.0 Å². The van der Waals surface area contributed by atoms with Crippen molar-refractivity contribution in [1.29, 1.82) is 0 Å². The first kappa shape index (κ1) is 16.3. The SMILES string of the molecule is Cc1cc(NC(=O)[C@@H](C)NC(=O)c2ccc(Cl)c(Cl)c2)no1. The van der Waals surface area contributed by atoms with Gasteiger partial charge in [-0.2, -0.15) is 0 Å². The number of amides is 2. The summed E-state index contributed by atoms with van der Waals surface area (Å²) in [6, 6.07) is 5.28. The maximum absolute atomic E-state index is 12.1. The van der Waals surface area contributed by atoms with Crippen LogP contribution in [-0.4, -0.2) is 23.0 Å². The third-order valence-corrected chi connectivity index (χ3v) is 3.54. The molecular formula is C14H13Cl2N3O3. The van der Waals surface area contributed by atoms with Crippen LogP contribution in [0.5, 0.6) is 0 Å². The number of benzene rings is 1. The number of carbonyl (C=O) groups excluding carboxylic acids is 2. The van der Waals surface area contributed by atoms with Gasteiger partial charge in [-0.3, -0.25) is 9.59 Å². The summed E-state index contributed by atoms with van der Waals surface area (Å²) < 4.78 is 4.84. The zero-order chi connectivity index (χ0) is 16.3. The fourth-order valence-electron chi connectivity index (χ4n) is 1.64. The Kier molecular flexibility index (Phi) is 5.05. The highest BCUT2D eigenvalue weighted by molar-refractivity contribution is 6.42. The van der Waals surface area contributed by atoms with Crippen molar-refractivity contribution < 1.29 is 14.1 Å². The highest BCUT2D eigenvalue weighted by Crippen LogP contribution is 2.22. The van der Waals surface area contributed by atoms with Crippen molar-refractivity contribution in [2.24, 2.45) is 0 Å². The zero-order valence-corrected chi connectivity index (χ0v) is 13.3. The lowest BCUT2D eigenvalue weighted by molar-refractivity contribution is -0.117. The molecular weight excluding hydrogens is 329 g/mol. The number of halogens is 2. The van der Waals surface area contributed by atoms with Crippen molar-refractivity contribution in [2.75, 3.05) is 5.32 Å². The molecule has 0 saturated heterocycles. The zero-order valence-electron chi connectivity index (χ0n) is 11.8. The van der Waals surface area contributed by atoms with Crippen LogP contribution >= 0.6 is 23.2 Å². The van der Waals surface area contributed by atoms with Gasteiger partial charge in [0.25, 0.3) is 5.91 Å². The number of rotatable bonds is 4. The van der Waals surface area contributed by atoms with Crippen molar-refractivity contribution in [3.63, 3.8) is 0 Å². The molecule has 2 aromatic rings. The molecule has 1 heterocycles. The number of nitrogens with one attached hydrogen (secondary N) is 2. The van der Waals surface area contributed by atoms with E-state index in [0.29, 0.717) is 16.3 Å². The monoisotopic (exact) mass is 341 g/mol. The Labute approximate surface area is 136 Å². The fraction of sp³-hybridized carbons (Fsp3) is 0.214. The van der Waals surface area contributed by atoms with Gasteiger partial charge < -0.3 is 15.2 Å². The summed E-state index contributed by atoms with van der Waals surface area (Å²) in [7, 11) is 0. The van der Waals surface area contributed by atoms with Gasteiger partial charge >= 0.3 is 0 Å². The Hall–Kier alpha value is -2.05. The molecule has 0 unspecified atom stereocenters. The lowest BCUT2D eigenvalue weighted by Crippen LogP contribution is -2.41. The van der Waals surface area contributed by atoms with E-state index >= 15 is 0 Å². The molecule has 2 N–H and O–H groups in total. The van der Waals surface area contributed by atoms with Crippen LogP contribution in [0.15, 0.2) is 28.8 Å². The van der Waals surface area contributed by atoms with Gasteiger partial charge in [-0.15, -0.1) is 0 Å². The van der Waals surface area contributed by atoms with E-state index in [9.17, 15) is 9.59 Å². The molecule has 2 amide bonds. The summed E-state index contributed by atoms with van der Waals surface area (Å²) in [5.74, 6) is 0.0141. The lowest BCUT2D eigenvalue weighted by atomic mass is 10.2. The van der Waals surface area contributed by atoms with Crippen LogP contribution in [0.3, 0.4) is 0 Å². The van der Waals surface area contributed by atoms with Crippen LogP contribution < -0.4 is 10.6 Å². The number of aryl methyl sites for hydroxylation is 1. The quantitative estimate of drug-likeness (QED) is 0.894. The van der Waals surface area contributed by atoms with E-state index < -0.39 is 17.9 Å². The molecule has 0 spiro atoms. The summed E-state index contributed by atoms with van der Waals surface area (Å²) in [5, 5.41) is 9.36. The second-order valence-electron chi connectivity index (χ2n) is 4.64. The molecule has 8 heteroatoms. The minimum absolute atomic E-state index is 0.268. The van der Waals surface area contributed by atoms with Gasteiger partial charge in [-0.1, -0.05) is 28.4 Å². The predicted octanol–water partition coefficient (Wildman–Crippen LogP) is 3.05. The molecule has 1 aromatic carbocycles. The molecule has 0 aliphatic heterocycles. The largest absolute Gasteiger partial charge is 0.360 e. The normalized spacial score (nSPS) is 11.8. The third kappa shape index (κ3) is 3.99. The fourth-order valence-corrected chi connectivity index (χ4v) is 1.94. The Morgan fingerprint density at radius 1 is 1.23 bits per heavy atom. The van der Waals surface area contributed by atoms with Gasteiger partial charge in [0.1, 0.15) is 11.8 Å². The van der Waals surface area contributed by atoms with Gasteiger partial charge in [0.05, 0.1) is 10.0 Å². The van der Waals surface area contributed by atoms with Crippen LogP contribution in [0.4, 0.5) is 5.82 Å². The first-order valence-corrected chi connectivity index (χ1v) is 7.12. The summed E-state index contributed by atoms with van der Waals surface area (Å²) in [4.78, 5) is 24.0. The van der Waals surface area contributed by atoms with Crippen molar-refractivity contribution in [1.82, 2.24) is 10.5 Å². The van der Waals surface area contributed by atoms with Gasteiger partial charge in [0.15, 0.2) is 5.82 Å². The van der Waals surface area contributed by atoms with Crippen LogP contribution in [0, 0.1) is 6.92 Å². The van der Waals surface area contributed by atoms with E-state index in [1.54, 1.807) is 19.9 Å². The minimum atomic E-state index is -0.765. The van der Waals surface area contributed by atoms with E-state index in [0.717, 1.165) is 0 Å². The van der Waals surface area contributed by atoms with Crippen molar-refractivity contribution in [3.8, 4) is 0 Å². The Bertz CT molecular complexity index is 715. The second kappa shape index (κ2) is 6.81. The Balaban J connectivity index is 1.98. The number of carbonyl (C=O) groups is 2. The van der Waals surface area contributed by atoms with E-state index in [1.807, 2.05) is 0 Å². The van der Waals surface area contributed by atoms with E-state index in [2.05, 4.69) is 15.8 Å². The molecule has 0 saturated carbocycles. The summed E-state index contributed by atoms with van der Waals surface area (Å²) >= 11 is 11.6. The molecule has 22 heavy (non-hydrogen) atoms. The first-order valence-electron chi connectivity index (χ1n) is 6.37. The van der Waals surface area contributed by atoms with Gasteiger partial charge in [0.2, 0.25) is 5.91 Å². The number of anilines is 1. The molecule has 2 rings (SSSR count). The average molecular weight is 342 g/mol. The summed E-state index contributed by atoms with van der Waals surface area (Å²) in [6.45, 7) is 3.26. The number of hydrogen-bond donors (Lipinski definition) is 2. The molecule has 0 aliphatic carbocycles. The maximum Gasteiger partial charge on any atom is 0.251 e. The van der Waals surface area contributed by atoms with Gasteiger partial charge in [0, 0.05) is 11.6 Å². The smallest absolute Gasteiger partial charge is 0.251 e. The van der Waals surface area contributed by atoms with E-state index in [1.165, 1.54) is 18.2 Å². The maximum atomic E-state index is 12.1. The average Bonchev–Trinajstić information content (AvgIpc) is 2.86. The highest BCUT2D eigenvalue weighted by atomic mass is 35.5. The molecule has 0 radical (unpaired) electrons. The molecule has 116 valence electrons. The van der Waals surface area contributed by atoms with Crippen molar-refractivity contribution in [2.45, 2.75) is 19.9 Å². The molecule has 1 aromatic heterocycles. The minimum Gasteiger partial charge on any atom is -0.360 e. The van der Waals surface area contributed by atoms with E-state index in [-0.39, 0.29) is 10.8 Å². The molecule has 6 nitrogen and oxygen atoms in total. The molecule has 0 fully saturated rings. The Morgan fingerprint density at radius 2 is 1.95 bits per heavy atom. The second-order valence-corrected chi connectivity index (χ2v) is 5.45. The van der Waals surface area contributed by atoms with Crippen LogP contribution in [0.2, 0.25) is 10.0 Å². The van der Waals surface area contributed by atoms with Gasteiger partial charge in [-0.05, 0) is 32.0 Å². The van der Waals surface area contributed by atoms with Crippen LogP contribution in [0.25, 0.3) is 0 Å². The van der Waals surface area contributed by atoms with Gasteiger partial charge in [-0.25, -0.2) is 0 Å². The standard InChI is InChI=1S/C14H13Cl2N3O3/c1-7-5-12(19-22-7)18-13(20)8(2)17-14(21)9-3-4-10(15)11(16)6-9/h3-6,8H,1-2H3,(H,17,21)(H,18,19,20)/t8-/m1/s1. The number of hydrogen-bond acceptors (Lipinski definition) is 4. The molecule has 0 bridgehead atoms. The Morgan fingerprint density at radius 3 is 2.55 bits per heavy atom. The third-order valence-electron chi connectivity index (χ3n) is 2.80. The van der Waals surface area contributed by atoms with E-state index in [4.69, 9.17) is 27.7 Å². The highest BCUT2D eigenvalue weighted by Gasteiger charge is 2.18. The molecule has 0 aliphatic rings. The first-order chi connectivity index (χ1) is 10.4. The summed E-state index contributed by atoms with van der Waals surface area (Å²) in [5.41, 5.74) is 0.311. The predicted molar refractivity (Wildman–Crippen MR) is 83.3 cm³/mol. The lowest BCUT2D eigenvalue weighted by Gasteiger charge is -2.13.